The molecule has 0 radical (unpaired) electrons. The summed E-state index contributed by atoms with van der Waals surface area (Å²) in [5.74, 6) is -0.632. The van der Waals surface area contributed by atoms with E-state index in [0.29, 0.717) is 30.0 Å². The van der Waals surface area contributed by atoms with E-state index in [1.165, 1.54) is 24.3 Å². The molecule has 5 rings (SSSR count). The van der Waals surface area contributed by atoms with Crippen molar-refractivity contribution in [2.24, 2.45) is 0 Å². The van der Waals surface area contributed by atoms with Crippen LogP contribution < -0.4 is 10.9 Å². The monoisotopic (exact) mass is 442 g/mol. The summed E-state index contributed by atoms with van der Waals surface area (Å²) in [6.45, 7) is 0.713. The van der Waals surface area contributed by atoms with Crippen LogP contribution in [0.4, 0.5) is 8.78 Å². The van der Waals surface area contributed by atoms with Crippen LogP contribution in [0.1, 0.15) is 11.1 Å². The zero-order chi connectivity index (χ0) is 22.8. The average Bonchev–Trinajstić information content (AvgIpc) is 3.18. The van der Waals surface area contributed by atoms with Gasteiger partial charge in [0.15, 0.2) is 0 Å². The van der Waals surface area contributed by atoms with Crippen LogP contribution in [-0.4, -0.2) is 14.8 Å². The van der Waals surface area contributed by atoms with Crippen molar-refractivity contribution in [2.45, 2.75) is 13.1 Å². The molecule has 2 heterocycles. The Labute approximate surface area is 188 Å². The maximum atomic E-state index is 13.5. The highest BCUT2D eigenvalue weighted by atomic mass is 19.1. The Kier molecular flexibility index (Phi) is 5.54. The number of hydrogen-bond acceptors (Lipinski definition) is 3. The first kappa shape index (κ1) is 20.8. The van der Waals surface area contributed by atoms with Gasteiger partial charge in [-0.15, -0.1) is 0 Å². The third kappa shape index (κ3) is 4.31. The Morgan fingerprint density at radius 1 is 0.848 bits per heavy atom. The van der Waals surface area contributed by atoms with Gasteiger partial charge in [-0.2, -0.15) is 5.10 Å². The van der Waals surface area contributed by atoms with Crippen LogP contribution in [0.3, 0.4) is 0 Å². The minimum Gasteiger partial charge on any atom is -0.308 e. The van der Waals surface area contributed by atoms with Gasteiger partial charge in [-0.25, -0.2) is 13.5 Å². The van der Waals surface area contributed by atoms with E-state index in [0.717, 1.165) is 22.2 Å². The van der Waals surface area contributed by atoms with Gasteiger partial charge in [0.2, 0.25) is 0 Å². The lowest BCUT2D eigenvalue weighted by molar-refractivity contribution is 0.620. The highest BCUT2D eigenvalue weighted by molar-refractivity contribution is 5.92. The summed E-state index contributed by atoms with van der Waals surface area (Å²) < 4.78 is 28.6. The third-order valence-corrected chi connectivity index (χ3v) is 5.42. The molecule has 7 heteroatoms. The summed E-state index contributed by atoms with van der Waals surface area (Å²) in [5, 5.41) is 8.68. The molecule has 2 N–H and O–H groups in total. The molecule has 33 heavy (non-hydrogen) atoms. The zero-order valence-corrected chi connectivity index (χ0v) is 17.6. The van der Waals surface area contributed by atoms with E-state index in [1.54, 1.807) is 28.9 Å². The molecule has 0 saturated carbocycles. The van der Waals surface area contributed by atoms with Crippen molar-refractivity contribution in [3.8, 4) is 16.9 Å². The van der Waals surface area contributed by atoms with Gasteiger partial charge in [0, 0.05) is 29.6 Å². The molecule has 0 fully saturated rings. The van der Waals surface area contributed by atoms with Gasteiger partial charge in [-0.05, 0) is 60.2 Å². The molecule has 0 aliphatic carbocycles. The number of para-hydroxylation sites is 1. The van der Waals surface area contributed by atoms with Gasteiger partial charge >= 0.3 is 0 Å². The first-order chi connectivity index (χ1) is 16.1. The van der Waals surface area contributed by atoms with Gasteiger partial charge in [0.1, 0.15) is 23.0 Å². The van der Waals surface area contributed by atoms with Crippen LogP contribution in [0.5, 0.6) is 0 Å². The quantitative estimate of drug-likeness (QED) is 0.391. The van der Waals surface area contributed by atoms with Crippen LogP contribution in [0.15, 0.2) is 89.7 Å². The summed E-state index contributed by atoms with van der Waals surface area (Å²) in [4.78, 5) is 15.8. The van der Waals surface area contributed by atoms with Gasteiger partial charge < -0.3 is 10.3 Å². The van der Waals surface area contributed by atoms with E-state index < -0.39 is 0 Å². The highest BCUT2D eigenvalue weighted by Gasteiger charge is 2.16. The number of benzene rings is 3. The van der Waals surface area contributed by atoms with Crippen molar-refractivity contribution < 1.29 is 8.78 Å². The summed E-state index contributed by atoms with van der Waals surface area (Å²) >= 11 is 0. The number of aromatic amines is 1. The summed E-state index contributed by atoms with van der Waals surface area (Å²) in [6.07, 6.45) is 0. The number of rotatable bonds is 6. The van der Waals surface area contributed by atoms with Crippen molar-refractivity contribution in [2.75, 3.05) is 0 Å². The lowest BCUT2D eigenvalue weighted by atomic mass is 10.1. The van der Waals surface area contributed by atoms with Gasteiger partial charge in [-0.1, -0.05) is 30.3 Å². The summed E-state index contributed by atoms with van der Waals surface area (Å²) in [5.41, 5.74) is 3.80. The molecule has 0 aliphatic rings. The molecule has 164 valence electrons. The van der Waals surface area contributed by atoms with Crippen LogP contribution in [0.25, 0.3) is 28.0 Å². The molecular formula is C26H20F2N4O. The van der Waals surface area contributed by atoms with Crippen LogP contribution in [0.2, 0.25) is 0 Å². The topological polar surface area (TPSA) is 62.7 Å². The van der Waals surface area contributed by atoms with Crippen LogP contribution in [-0.2, 0) is 13.1 Å². The molecule has 5 aromatic rings. The van der Waals surface area contributed by atoms with E-state index in [2.05, 4.69) is 10.3 Å². The fraction of sp³-hybridized carbons (Fsp3) is 0.0769. The molecule has 0 unspecified atom stereocenters. The lowest BCUT2D eigenvalue weighted by Crippen LogP contribution is -2.21. The minimum atomic E-state index is -0.332. The number of nitrogens with one attached hydrogen (secondary N) is 2. The molecule has 0 saturated heterocycles. The smallest absolute Gasteiger partial charge is 0.254 e. The predicted molar refractivity (Wildman–Crippen MR) is 124 cm³/mol. The summed E-state index contributed by atoms with van der Waals surface area (Å²) in [6, 6.07) is 23.7. The SMILES string of the molecule is O=c1[nH]c2c(cc1CNCc1cccc(F)c1)c(-c1ccc(F)cc1)nn2-c1ccccc1. The van der Waals surface area contributed by atoms with E-state index in [9.17, 15) is 13.6 Å². The standard InChI is InChI=1S/C26H20F2N4O/c27-20-11-9-18(10-12-20)24-23-14-19(16-29-15-17-5-4-6-21(28)13-17)26(33)30-25(23)32(31-24)22-7-2-1-3-8-22/h1-14,29H,15-16H2,(H,30,33). The third-order valence-electron chi connectivity index (χ3n) is 5.42. The second kappa shape index (κ2) is 8.80. The molecular weight excluding hydrogens is 422 g/mol. The first-order valence-corrected chi connectivity index (χ1v) is 10.5. The minimum absolute atomic E-state index is 0.239. The number of H-pyrrole nitrogens is 1. The predicted octanol–water partition coefficient (Wildman–Crippen LogP) is 4.95. The van der Waals surface area contributed by atoms with E-state index in [4.69, 9.17) is 5.10 Å². The molecule has 0 amide bonds. The van der Waals surface area contributed by atoms with Gasteiger partial charge in [-0.3, -0.25) is 4.79 Å². The second-order valence-corrected chi connectivity index (χ2v) is 7.72. The van der Waals surface area contributed by atoms with E-state index >= 15 is 0 Å². The van der Waals surface area contributed by atoms with Gasteiger partial charge in [0.25, 0.3) is 5.56 Å². The largest absolute Gasteiger partial charge is 0.308 e. The molecule has 0 bridgehead atoms. The lowest BCUT2D eigenvalue weighted by Gasteiger charge is -2.06. The van der Waals surface area contributed by atoms with Crippen molar-refractivity contribution in [1.82, 2.24) is 20.1 Å². The highest BCUT2D eigenvalue weighted by Crippen LogP contribution is 2.29. The Morgan fingerprint density at radius 2 is 1.64 bits per heavy atom. The Hall–Kier alpha value is -4.10. The van der Waals surface area contributed by atoms with Crippen molar-refractivity contribution in [3.63, 3.8) is 0 Å². The number of fused-ring (bicyclic) bond motifs is 1. The molecule has 5 nitrogen and oxygen atoms in total. The molecule has 2 aromatic heterocycles. The molecule has 0 aliphatic heterocycles. The van der Waals surface area contributed by atoms with Crippen molar-refractivity contribution in [3.05, 3.63) is 118 Å². The maximum Gasteiger partial charge on any atom is 0.254 e. The first-order valence-electron chi connectivity index (χ1n) is 10.5. The Balaban J connectivity index is 1.55. The number of hydrogen-bond donors (Lipinski definition) is 2. The number of aromatic nitrogens is 3. The van der Waals surface area contributed by atoms with E-state index in [1.807, 2.05) is 36.4 Å². The average molecular weight is 442 g/mol. The van der Waals surface area contributed by atoms with Crippen molar-refractivity contribution in [1.29, 1.82) is 0 Å². The molecule has 0 spiro atoms. The second-order valence-electron chi connectivity index (χ2n) is 7.72. The number of pyridine rings is 1. The normalized spacial score (nSPS) is 11.2. The van der Waals surface area contributed by atoms with Gasteiger partial charge in [0.05, 0.1) is 5.69 Å². The fourth-order valence-corrected chi connectivity index (χ4v) is 3.81. The Morgan fingerprint density at radius 3 is 2.39 bits per heavy atom. The van der Waals surface area contributed by atoms with Crippen LogP contribution >= 0.6 is 0 Å². The van der Waals surface area contributed by atoms with E-state index in [-0.39, 0.29) is 17.2 Å². The Bertz CT molecular complexity index is 1470. The fourth-order valence-electron chi connectivity index (χ4n) is 3.81. The molecule has 3 aromatic carbocycles. The number of nitrogens with zero attached hydrogens (tertiary/aromatic N) is 2. The maximum absolute atomic E-state index is 13.5. The number of halogens is 2. The van der Waals surface area contributed by atoms with Crippen LogP contribution in [0, 0.1) is 11.6 Å². The zero-order valence-electron chi connectivity index (χ0n) is 17.6. The molecule has 0 atom stereocenters. The van der Waals surface area contributed by atoms with Crippen molar-refractivity contribution >= 4 is 11.0 Å². The summed E-state index contributed by atoms with van der Waals surface area (Å²) in [7, 11) is 0.